The van der Waals surface area contributed by atoms with Crippen molar-refractivity contribution in [3.8, 4) is 0 Å². The lowest BCUT2D eigenvalue weighted by Crippen LogP contribution is -2.41. The molecule has 0 saturated heterocycles. The highest BCUT2D eigenvalue weighted by atomic mass is 16.3. The number of rotatable bonds is 5. The zero-order chi connectivity index (χ0) is 14.8. The van der Waals surface area contributed by atoms with E-state index in [9.17, 15) is 9.90 Å². The van der Waals surface area contributed by atoms with Crippen LogP contribution >= 0.6 is 0 Å². The molecule has 2 rings (SSSR count). The van der Waals surface area contributed by atoms with Crippen molar-refractivity contribution in [1.82, 2.24) is 14.7 Å². The molecule has 0 aliphatic rings. The van der Waals surface area contributed by atoms with Gasteiger partial charge in [-0.25, -0.2) is 4.98 Å². The van der Waals surface area contributed by atoms with E-state index in [0.29, 0.717) is 18.0 Å². The molecule has 0 fully saturated rings. The molecule has 20 heavy (non-hydrogen) atoms. The summed E-state index contributed by atoms with van der Waals surface area (Å²) in [6.07, 6.45) is 4.16. The van der Waals surface area contributed by atoms with Gasteiger partial charge < -0.3 is 14.8 Å². The van der Waals surface area contributed by atoms with Crippen LogP contribution in [0, 0.1) is 5.92 Å². The first kappa shape index (κ1) is 14.5. The molecule has 1 unspecified atom stereocenters. The van der Waals surface area contributed by atoms with Crippen LogP contribution in [0.4, 0.5) is 0 Å². The molecular formula is C15H21N3O2. The largest absolute Gasteiger partial charge is 0.388 e. The fraction of sp³-hybridized carbons (Fsp3) is 0.467. The molecule has 5 heteroatoms. The van der Waals surface area contributed by atoms with Crippen molar-refractivity contribution in [2.75, 3.05) is 6.54 Å². The second kappa shape index (κ2) is 5.63. The van der Waals surface area contributed by atoms with E-state index >= 15 is 0 Å². The average molecular weight is 275 g/mol. The summed E-state index contributed by atoms with van der Waals surface area (Å²) in [7, 11) is 0. The van der Waals surface area contributed by atoms with Crippen molar-refractivity contribution >= 4 is 11.6 Å². The number of hydrogen-bond acceptors (Lipinski definition) is 3. The first-order valence-corrected chi connectivity index (χ1v) is 6.82. The third-order valence-electron chi connectivity index (χ3n) is 3.07. The zero-order valence-electron chi connectivity index (χ0n) is 12.1. The number of nitrogens with one attached hydrogen (secondary N) is 1. The highest BCUT2D eigenvalue weighted by Gasteiger charge is 2.23. The smallest absolute Gasteiger partial charge is 0.271 e. The maximum Gasteiger partial charge on any atom is 0.271 e. The van der Waals surface area contributed by atoms with Crippen LogP contribution in [0.5, 0.6) is 0 Å². The van der Waals surface area contributed by atoms with Crippen LogP contribution in [0.25, 0.3) is 5.65 Å². The monoisotopic (exact) mass is 275 g/mol. The average Bonchev–Trinajstić information content (AvgIpc) is 2.78. The Bertz CT molecular complexity index is 569. The molecule has 0 aliphatic carbocycles. The summed E-state index contributed by atoms with van der Waals surface area (Å²) in [6, 6.07) is 5.59. The molecule has 0 bridgehead atoms. The number of imidazole rings is 1. The molecule has 5 nitrogen and oxygen atoms in total. The maximum atomic E-state index is 12.0. The minimum Gasteiger partial charge on any atom is -0.388 e. The molecule has 2 aromatic rings. The third-order valence-corrected chi connectivity index (χ3v) is 3.07. The number of fused-ring (bicyclic) bond motifs is 1. The first-order valence-electron chi connectivity index (χ1n) is 6.82. The van der Waals surface area contributed by atoms with Gasteiger partial charge in [-0.2, -0.15) is 0 Å². The number of amides is 1. The lowest BCUT2D eigenvalue weighted by Gasteiger charge is -2.25. The molecule has 0 saturated carbocycles. The standard InChI is InChI=1S/C15H21N3O2/c1-11(2)8-15(3,20)10-16-14(19)12-9-18-7-5-4-6-13(18)17-12/h4-7,9,11,20H,8,10H2,1-3H3,(H,16,19). The lowest BCUT2D eigenvalue weighted by atomic mass is 9.94. The molecule has 1 amide bonds. The van der Waals surface area contributed by atoms with E-state index in [1.54, 1.807) is 17.5 Å². The quantitative estimate of drug-likeness (QED) is 0.875. The number of pyridine rings is 1. The Morgan fingerprint density at radius 3 is 2.90 bits per heavy atom. The summed E-state index contributed by atoms with van der Waals surface area (Å²) in [5.41, 5.74) is 0.186. The van der Waals surface area contributed by atoms with E-state index in [4.69, 9.17) is 0 Å². The first-order chi connectivity index (χ1) is 9.37. The van der Waals surface area contributed by atoms with Crippen molar-refractivity contribution < 1.29 is 9.90 Å². The SMILES string of the molecule is CC(C)CC(C)(O)CNC(=O)c1cn2ccccc2n1. The third kappa shape index (κ3) is 3.57. The predicted molar refractivity (Wildman–Crippen MR) is 77.6 cm³/mol. The van der Waals surface area contributed by atoms with Crippen LogP contribution in [0.3, 0.4) is 0 Å². The summed E-state index contributed by atoms with van der Waals surface area (Å²) in [5.74, 6) is 0.106. The normalized spacial score (nSPS) is 14.4. The van der Waals surface area contributed by atoms with Crippen molar-refractivity contribution in [3.05, 3.63) is 36.3 Å². The highest BCUT2D eigenvalue weighted by Crippen LogP contribution is 2.15. The minimum absolute atomic E-state index is 0.220. The molecule has 0 spiro atoms. The van der Waals surface area contributed by atoms with Gasteiger partial charge in [0.25, 0.3) is 5.91 Å². The van der Waals surface area contributed by atoms with Gasteiger partial charge in [0.2, 0.25) is 0 Å². The molecule has 0 aliphatic heterocycles. The highest BCUT2D eigenvalue weighted by molar-refractivity contribution is 5.92. The molecule has 1 atom stereocenters. The number of nitrogens with zero attached hydrogens (tertiary/aromatic N) is 2. The van der Waals surface area contributed by atoms with Crippen LogP contribution in [0.15, 0.2) is 30.6 Å². The number of carbonyl (C=O) groups is 1. The minimum atomic E-state index is -0.900. The second-order valence-electron chi connectivity index (χ2n) is 5.87. The van der Waals surface area contributed by atoms with E-state index in [2.05, 4.69) is 10.3 Å². The zero-order valence-corrected chi connectivity index (χ0v) is 12.1. The van der Waals surface area contributed by atoms with Crippen molar-refractivity contribution in [1.29, 1.82) is 0 Å². The maximum absolute atomic E-state index is 12.0. The number of aliphatic hydroxyl groups is 1. The number of aromatic nitrogens is 2. The topological polar surface area (TPSA) is 66.6 Å². The van der Waals surface area contributed by atoms with E-state index < -0.39 is 5.60 Å². The Labute approximate surface area is 118 Å². The van der Waals surface area contributed by atoms with Gasteiger partial charge in [-0.15, -0.1) is 0 Å². The lowest BCUT2D eigenvalue weighted by molar-refractivity contribution is 0.0367. The van der Waals surface area contributed by atoms with Gasteiger partial charge in [0.1, 0.15) is 11.3 Å². The van der Waals surface area contributed by atoms with Crippen LogP contribution in [-0.4, -0.2) is 32.5 Å². The Kier molecular flexibility index (Phi) is 4.09. The van der Waals surface area contributed by atoms with Crippen molar-refractivity contribution in [2.45, 2.75) is 32.8 Å². The van der Waals surface area contributed by atoms with Gasteiger partial charge in [0.05, 0.1) is 5.60 Å². The van der Waals surface area contributed by atoms with E-state index in [1.165, 1.54) is 0 Å². The number of carbonyl (C=O) groups excluding carboxylic acids is 1. The van der Waals surface area contributed by atoms with E-state index in [1.807, 2.05) is 38.2 Å². The predicted octanol–water partition coefficient (Wildman–Crippen LogP) is 1.86. The summed E-state index contributed by atoms with van der Waals surface area (Å²) >= 11 is 0. The van der Waals surface area contributed by atoms with E-state index in [0.717, 1.165) is 5.65 Å². The van der Waals surface area contributed by atoms with Gasteiger partial charge in [-0.1, -0.05) is 19.9 Å². The second-order valence-corrected chi connectivity index (χ2v) is 5.87. The number of hydrogen-bond donors (Lipinski definition) is 2. The van der Waals surface area contributed by atoms with Gasteiger partial charge in [0, 0.05) is 18.9 Å². The molecule has 2 aromatic heterocycles. The van der Waals surface area contributed by atoms with Crippen LogP contribution in [0.1, 0.15) is 37.7 Å². The van der Waals surface area contributed by atoms with Gasteiger partial charge in [-0.3, -0.25) is 4.79 Å². The summed E-state index contributed by atoms with van der Waals surface area (Å²) in [4.78, 5) is 16.3. The van der Waals surface area contributed by atoms with E-state index in [-0.39, 0.29) is 12.5 Å². The molecule has 2 heterocycles. The van der Waals surface area contributed by atoms with Gasteiger partial charge in [0.15, 0.2) is 0 Å². The Morgan fingerprint density at radius 1 is 1.50 bits per heavy atom. The van der Waals surface area contributed by atoms with Crippen LogP contribution in [0.2, 0.25) is 0 Å². The van der Waals surface area contributed by atoms with Crippen molar-refractivity contribution in [3.63, 3.8) is 0 Å². The Balaban J connectivity index is 2.01. The van der Waals surface area contributed by atoms with Gasteiger partial charge in [-0.05, 0) is 31.4 Å². The van der Waals surface area contributed by atoms with Crippen LogP contribution in [-0.2, 0) is 0 Å². The molecular weight excluding hydrogens is 254 g/mol. The molecule has 0 aromatic carbocycles. The molecule has 108 valence electrons. The fourth-order valence-electron chi connectivity index (χ4n) is 2.36. The van der Waals surface area contributed by atoms with Crippen molar-refractivity contribution in [2.24, 2.45) is 5.92 Å². The summed E-state index contributed by atoms with van der Waals surface area (Å²) in [6.45, 7) is 6.03. The Morgan fingerprint density at radius 2 is 2.25 bits per heavy atom. The molecule has 2 N–H and O–H groups in total. The van der Waals surface area contributed by atoms with Gasteiger partial charge >= 0.3 is 0 Å². The Hall–Kier alpha value is -1.88. The van der Waals surface area contributed by atoms with Crippen LogP contribution < -0.4 is 5.32 Å². The molecule has 0 radical (unpaired) electrons. The summed E-state index contributed by atoms with van der Waals surface area (Å²) < 4.78 is 1.79. The summed E-state index contributed by atoms with van der Waals surface area (Å²) in [5, 5.41) is 12.9. The fourth-order valence-corrected chi connectivity index (χ4v) is 2.36.